The molecule has 0 aliphatic rings. The molecule has 7 heteroatoms. The summed E-state index contributed by atoms with van der Waals surface area (Å²) in [6, 6.07) is 0.0324. The predicted octanol–water partition coefficient (Wildman–Crippen LogP) is 0.886. The molecule has 0 saturated carbocycles. The third kappa shape index (κ3) is 5.36. The van der Waals surface area contributed by atoms with Gasteiger partial charge in [0.15, 0.2) is 0 Å². The second-order valence-corrected chi connectivity index (χ2v) is 5.54. The fourth-order valence-electron chi connectivity index (χ4n) is 0.693. The van der Waals surface area contributed by atoms with Gasteiger partial charge in [-0.05, 0) is 44.5 Å². The molecular formula is C7H15N3O2S2. The number of carbonyl (C=O) groups is 2. The summed E-state index contributed by atoms with van der Waals surface area (Å²) in [7, 11) is 3.72. The van der Waals surface area contributed by atoms with Crippen LogP contribution in [0.4, 0.5) is 9.59 Å². The molecule has 0 fully saturated rings. The number of amides is 2. The summed E-state index contributed by atoms with van der Waals surface area (Å²) in [5.74, 6) is 0. The van der Waals surface area contributed by atoms with Crippen LogP contribution in [-0.2, 0) is 0 Å². The molecule has 1 atom stereocenters. The average Bonchev–Trinajstić information content (AvgIpc) is 1.99. The number of hydrogen-bond donors (Lipinski definition) is 2. The van der Waals surface area contributed by atoms with Crippen LogP contribution in [0.2, 0.25) is 0 Å². The zero-order chi connectivity index (χ0) is 11.3. The molecule has 0 aromatic heterocycles. The lowest BCUT2D eigenvalue weighted by atomic mass is 10.4. The second-order valence-electron chi connectivity index (χ2n) is 2.95. The smallest absolute Gasteiger partial charge is 0.277 e. The number of nitrogens with two attached hydrogens (primary N) is 2. The molecule has 5 nitrogen and oxygen atoms in total. The summed E-state index contributed by atoms with van der Waals surface area (Å²) in [6.45, 7) is 1.90. The molecule has 0 saturated heterocycles. The Hall–Kier alpha value is -0.400. The fraction of sp³-hybridized carbons (Fsp3) is 0.714. The Labute approximate surface area is 91.9 Å². The van der Waals surface area contributed by atoms with Crippen LogP contribution in [0.25, 0.3) is 0 Å². The minimum atomic E-state index is -0.502. The zero-order valence-electron chi connectivity index (χ0n) is 8.39. The SMILES string of the molecule is CC(C(SC(N)=O)SC(N)=O)N(C)C. The van der Waals surface area contributed by atoms with E-state index in [1.54, 1.807) is 0 Å². The molecule has 0 spiro atoms. The summed E-state index contributed by atoms with van der Waals surface area (Å²) in [4.78, 5) is 23.3. The Morgan fingerprint density at radius 3 is 1.71 bits per heavy atom. The molecule has 0 bridgehead atoms. The highest BCUT2D eigenvalue weighted by Crippen LogP contribution is 2.28. The predicted molar refractivity (Wildman–Crippen MR) is 61.3 cm³/mol. The molecule has 1 unspecified atom stereocenters. The van der Waals surface area contributed by atoms with Crippen molar-refractivity contribution in [1.29, 1.82) is 0 Å². The topological polar surface area (TPSA) is 89.4 Å². The molecule has 0 aromatic carbocycles. The van der Waals surface area contributed by atoms with E-state index in [0.29, 0.717) is 0 Å². The van der Waals surface area contributed by atoms with Gasteiger partial charge in [-0.3, -0.25) is 9.59 Å². The van der Waals surface area contributed by atoms with Gasteiger partial charge in [-0.1, -0.05) is 0 Å². The van der Waals surface area contributed by atoms with E-state index in [4.69, 9.17) is 11.5 Å². The van der Waals surface area contributed by atoms with Crippen LogP contribution in [0.3, 0.4) is 0 Å². The Kier molecular flexibility index (Phi) is 5.98. The van der Waals surface area contributed by atoms with Crippen LogP contribution < -0.4 is 11.5 Å². The van der Waals surface area contributed by atoms with Gasteiger partial charge < -0.3 is 16.4 Å². The van der Waals surface area contributed by atoms with Gasteiger partial charge in [-0.25, -0.2) is 0 Å². The average molecular weight is 237 g/mol. The highest BCUT2D eigenvalue weighted by molar-refractivity contribution is 8.29. The van der Waals surface area contributed by atoms with Gasteiger partial charge in [0.2, 0.25) is 0 Å². The third-order valence-corrected chi connectivity index (χ3v) is 3.97. The standard InChI is InChI=1S/C7H15N3O2S2/c1-4(10(2)3)5(13-6(8)11)14-7(9)12/h4-5H,1-3H3,(H2,8,11)(H2,9,12). The van der Waals surface area contributed by atoms with E-state index in [2.05, 4.69) is 0 Å². The Morgan fingerprint density at radius 1 is 1.14 bits per heavy atom. The normalized spacial score (nSPS) is 13.2. The van der Waals surface area contributed by atoms with Gasteiger partial charge in [0, 0.05) is 6.04 Å². The summed E-state index contributed by atoms with van der Waals surface area (Å²) in [5, 5.41) is -1.00. The molecule has 2 amide bonds. The lowest BCUT2D eigenvalue weighted by Crippen LogP contribution is -2.35. The van der Waals surface area contributed by atoms with Gasteiger partial charge in [-0.2, -0.15) is 0 Å². The molecule has 0 radical (unpaired) electrons. The first-order valence-corrected chi connectivity index (χ1v) is 5.69. The van der Waals surface area contributed by atoms with E-state index in [-0.39, 0.29) is 10.6 Å². The van der Waals surface area contributed by atoms with E-state index < -0.39 is 10.5 Å². The lowest BCUT2D eigenvalue weighted by molar-refractivity contribution is 0.266. The fourth-order valence-corrected chi connectivity index (χ4v) is 2.79. The maximum atomic E-state index is 10.7. The van der Waals surface area contributed by atoms with Gasteiger partial charge in [0.05, 0.1) is 4.58 Å². The quantitative estimate of drug-likeness (QED) is 0.709. The monoisotopic (exact) mass is 237 g/mol. The van der Waals surface area contributed by atoms with E-state index >= 15 is 0 Å². The number of nitrogens with zero attached hydrogens (tertiary/aromatic N) is 1. The van der Waals surface area contributed by atoms with Crippen molar-refractivity contribution < 1.29 is 9.59 Å². The number of hydrogen-bond acceptors (Lipinski definition) is 5. The van der Waals surface area contributed by atoms with Crippen molar-refractivity contribution in [3.63, 3.8) is 0 Å². The van der Waals surface area contributed by atoms with E-state index in [1.807, 2.05) is 25.9 Å². The first-order valence-electron chi connectivity index (χ1n) is 3.93. The van der Waals surface area contributed by atoms with Gasteiger partial charge >= 0.3 is 0 Å². The number of thioether (sulfide) groups is 2. The summed E-state index contributed by atoms with van der Waals surface area (Å²) >= 11 is 1.85. The van der Waals surface area contributed by atoms with Gasteiger partial charge in [0.25, 0.3) is 10.5 Å². The van der Waals surface area contributed by atoms with Crippen molar-refractivity contribution in [1.82, 2.24) is 4.90 Å². The molecule has 0 rings (SSSR count). The Balaban J connectivity index is 4.37. The molecule has 0 aromatic rings. The highest BCUT2D eigenvalue weighted by atomic mass is 32.2. The Bertz CT molecular complexity index is 207. The second kappa shape index (κ2) is 6.15. The Morgan fingerprint density at radius 2 is 1.50 bits per heavy atom. The number of primary amides is 2. The maximum Gasteiger partial charge on any atom is 0.277 e. The van der Waals surface area contributed by atoms with Crippen LogP contribution >= 0.6 is 23.5 Å². The molecule has 14 heavy (non-hydrogen) atoms. The van der Waals surface area contributed by atoms with Crippen molar-refractivity contribution in [3.8, 4) is 0 Å². The largest absolute Gasteiger partial charge is 0.360 e. The molecule has 82 valence electrons. The minimum absolute atomic E-state index is 0.0324. The first-order chi connectivity index (χ1) is 6.34. The molecule has 0 heterocycles. The van der Waals surface area contributed by atoms with E-state index in [0.717, 1.165) is 23.5 Å². The summed E-state index contributed by atoms with van der Waals surface area (Å²) in [6.07, 6.45) is 0. The number of carbonyl (C=O) groups excluding carboxylic acids is 2. The van der Waals surface area contributed by atoms with Crippen molar-refractivity contribution in [2.45, 2.75) is 17.5 Å². The van der Waals surface area contributed by atoms with Crippen LogP contribution in [0.5, 0.6) is 0 Å². The van der Waals surface area contributed by atoms with Crippen molar-refractivity contribution >= 4 is 34.0 Å². The van der Waals surface area contributed by atoms with Gasteiger partial charge in [-0.15, -0.1) is 0 Å². The molecule has 4 N–H and O–H groups in total. The molecule has 0 aliphatic carbocycles. The molecular weight excluding hydrogens is 222 g/mol. The molecule has 0 aliphatic heterocycles. The van der Waals surface area contributed by atoms with E-state index in [9.17, 15) is 9.59 Å². The van der Waals surface area contributed by atoms with Gasteiger partial charge in [0.1, 0.15) is 0 Å². The summed E-state index contributed by atoms with van der Waals surface area (Å²) < 4.78 is -0.264. The van der Waals surface area contributed by atoms with Crippen molar-refractivity contribution in [2.24, 2.45) is 11.5 Å². The number of rotatable bonds is 4. The third-order valence-electron chi connectivity index (χ3n) is 1.67. The van der Waals surface area contributed by atoms with Crippen LogP contribution in [0.1, 0.15) is 6.92 Å². The lowest BCUT2D eigenvalue weighted by Gasteiger charge is -2.26. The first kappa shape index (κ1) is 13.6. The van der Waals surface area contributed by atoms with Crippen LogP contribution in [0, 0.1) is 0 Å². The van der Waals surface area contributed by atoms with Crippen molar-refractivity contribution in [2.75, 3.05) is 14.1 Å². The summed E-state index contributed by atoms with van der Waals surface area (Å²) in [5.41, 5.74) is 10.1. The van der Waals surface area contributed by atoms with E-state index in [1.165, 1.54) is 0 Å². The highest BCUT2D eigenvalue weighted by Gasteiger charge is 2.24. The minimum Gasteiger partial charge on any atom is -0.360 e. The maximum absolute atomic E-state index is 10.7. The van der Waals surface area contributed by atoms with Crippen LogP contribution in [-0.4, -0.2) is 40.1 Å². The zero-order valence-corrected chi connectivity index (χ0v) is 10.0. The van der Waals surface area contributed by atoms with Crippen molar-refractivity contribution in [3.05, 3.63) is 0 Å². The van der Waals surface area contributed by atoms with Crippen LogP contribution in [0.15, 0.2) is 0 Å².